The molecule has 5 nitrogen and oxygen atoms in total. The predicted molar refractivity (Wildman–Crippen MR) is 89.3 cm³/mol. The van der Waals surface area contributed by atoms with E-state index in [9.17, 15) is 4.79 Å². The Hall–Kier alpha value is -1.85. The summed E-state index contributed by atoms with van der Waals surface area (Å²) in [5.41, 5.74) is 1.50. The van der Waals surface area contributed by atoms with Crippen LogP contribution in [0.3, 0.4) is 0 Å². The number of benzene rings is 1. The average molecular weight is 334 g/mol. The van der Waals surface area contributed by atoms with E-state index >= 15 is 0 Å². The van der Waals surface area contributed by atoms with Gasteiger partial charge in [-0.1, -0.05) is 11.6 Å². The summed E-state index contributed by atoms with van der Waals surface area (Å²) in [5, 5.41) is 4.04. The highest BCUT2D eigenvalue weighted by atomic mass is 35.5. The Balaban J connectivity index is 1.69. The number of rotatable bonds is 3. The SMILES string of the molecule is CC1NCCN(C(=O)Cc2coc(-c3ccc(Cl)cc3)n2)C1C. The van der Waals surface area contributed by atoms with Crippen molar-refractivity contribution < 1.29 is 9.21 Å². The van der Waals surface area contributed by atoms with Crippen LogP contribution in [0.1, 0.15) is 19.5 Å². The molecule has 23 heavy (non-hydrogen) atoms. The molecule has 2 unspecified atom stereocenters. The fourth-order valence-corrected chi connectivity index (χ4v) is 2.90. The van der Waals surface area contributed by atoms with Crippen LogP contribution in [0.15, 0.2) is 34.9 Å². The zero-order valence-electron chi connectivity index (χ0n) is 13.3. The molecule has 1 aromatic heterocycles. The van der Waals surface area contributed by atoms with Crippen LogP contribution in [0.5, 0.6) is 0 Å². The minimum Gasteiger partial charge on any atom is -0.444 e. The van der Waals surface area contributed by atoms with Crippen molar-refractivity contribution in [1.29, 1.82) is 0 Å². The predicted octanol–water partition coefficient (Wildman–Crippen LogP) is 2.75. The molecule has 6 heteroatoms. The summed E-state index contributed by atoms with van der Waals surface area (Å²) in [7, 11) is 0. The van der Waals surface area contributed by atoms with Gasteiger partial charge in [0.05, 0.1) is 12.1 Å². The first-order valence-electron chi connectivity index (χ1n) is 7.78. The van der Waals surface area contributed by atoms with Gasteiger partial charge in [-0.2, -0.15) is 0 Å². The number of oxazole rings is 1. The van der Waals surface area contributed by atoms with Crippen molar-refractivity contribution in [1.82, 2.24) is 15.2 Å². The Labute approximate surface area is 140 Å². The lowest BCUT2D eigenvalue weighted by Gasteiger charge is -2.38. The number of nitrogens with zero attached hydrogens (tertiary/aromatic N) is 2. The van der Waals surface area contributed by atoms with Gasteiger partial charge in [0.15, 0.2) is 0 Å². The van der Waals surface area contributed by atoms with Crippen molar-refractivity contribution in [2.45, 2.75) is 32.4 Å². The molecule has 1 saturated heterocycles. The Morgan fingerprint density at radius 2 is 2.13 bits per heavy atom. The molecular weight excluding hydrogens is 314 g/mol. The highest BCUT2D eigenvalue weighted by molar-refractivity contribution is 6.30. The van der Waals surface area contributed by atoms with Gasteiger partial charge in [-0.15, -0.1) is 0 Å². The largest absolute Gasteiger partial charge is 0.444 e. The summed E-state index contributed by atoms with van der Waals surface area (Å²) in [6.07, 6.45) is 1.81. The maximum atomic E-state index is 12.5. The van der Waals surface area contributed by atoms with Crippen molar-refractivity contribution >= 4 is 17.5 Å². The van der Waals surface area contributed by atoms with Crippen molar-refractivity contribution in [2.24, 2.45) is 0 Å². The molecule has 1 N–H and O–H groups in total. The number of hydrogen-bond acceptors (Lipinski definition) is 4. The van der Waals surface area contributed by atoms with Crippen molar-refractivity contribution in [2.75, 3.05) is 13.1 Å². The third-order valence-electron chi connectivity index (χ3n) is 4.33. The third-order valence-corrected chi connectivity index (χ3v) is 4.58. The van der Waals surface area contributed by atoms with Gasteiger partial charge in [0, 0.05) is 35.8 Å². The number of amides is 1. The highest BCUT2D eigenvalue weighted by Crippen LogP contribution is 2.21. The standard InChI is InChI=1S/C17H20ClN3O2/c1-11-12(2)21(8-7-19-11)16(22)9-15-10-23-17(20-15)13-3-5-14(18)6-4-13/h3-6,10-12,19H,7-9H2,1-2H3. The second-order valence-corrected chi connectivity index (χ2v) is 6.33. The summed E-state index contributed by atoms with van der Waals surface area (Å²) >= 11 is 5.88. The molecule has 1 amide bonds. The molecule has 0 spiro atoms. The van der Waals surface area contributed by atoms with E-state index < -0.39 is 0 Å². The summed E-state index contributed by atoms with van der Waals surface area (Å²) in [5.74, 6) is 0.591. The van der Waals surface area contributed by atoms with Gasteiger partial charge < -0.3 is 14.6 Å². The molecule has 2 atom stereocenters. The van der Waals surface area contributed by atoms with Gasteiger partial charge in [-0.25, -0.2) is 4.98 Å². The van der Waals surface area contributed by atoms with E-state index in [1.54, 1.807) is 18.4 Å². The highest BCUT2D eigenvalue weighted by Gasteiger charge is 2.28. The van der Waals surface area contributed by atoms with Gasteiger partial charge >= 0.3 is 0 Å². The van der Waals surface area contributed by atoms with Crippen LogP contribution in [-0.2, 0) is 11.2 Å². The van der Waals surface area contributed by atoms with Gasteiger partial charge in [-0.3, -0.25) is 4.79 Å². The Morgan fingerprint density at radius 1 is 1.39 bits per heavy atom. The second-order valence-electron chi connectivity index (χ2n) is 5.90. The van der Waals surface area contributed by atoms with Gasteiger partial charge in [0.25, 0.3) is 0 Å². The van der Waals surface area contributed by atoms with Gasteiger partial charge in [-0.05, 0) is 38.1 Å². The van der Waals surface area contributed by atoms with E-state index in [4.69, 9.17) is 16.0 Å². The molecule has 0 bridgehead atoms. The minimum absolute atomic E-state index is 0.0850. The van der Waals surface area contributed by atoms with E-state index in [0.717, 1.165) is 18.7 Å². The first kappa shape index (κ1) is 16.0. The van der Waals surface area contributed by atoms with Crippen LogP contribution in [0.4, 0.5) is 0 Å². The molecule has 0 saturated carbocycles. The first-order chi connectivity index (χ1) is 11.0. The molecule has 0 radical (unpaired) electrons. The molecular formula is C17H20ClN3O2. The maximum Gasteiger partial charge on any atom is 0.229 e. The number of nitrogens with one attached hydrogen (secondary N) is 1. The molecule has 3 rings (SSSR count). The summed E-state index contributed by atoms with van der Waals surface area (Å²) in [4.78, 5) is 18.8. The quantitative estimate of drug-likeness (QED) is 0.938. The summed E-state index contributed by atoms with van der Waals surface area (Å²) in [6.45, 7) is 5.72. The molecule has 0 aliphatic carbocycles. The lowest BCUT2D eigenvalue weighted by atomic mass is 10.1. The van der Waals surface area contributed by atoms with Crippen LogP contribution >= 0.6 is 11.6 Å². The van der Waals surface area contributed by atoms with Crippen LogP contribution in [0.25, 0.3) is 11.5 Å². The minimum atomic E-state index is 0.0850. The average Bonchev–Trinajstić information content (AvgIpc) is 2.99. The Kier molecular flexibility index (Phi) is 4.68. The molecule has 1 aliphatic heterocycles. The van der Waals surface area contributed by atoms with Gasteiger partial charge in [0.2, 0.25) is 11.8 Å². The van der Waals surface area contributed by atoms with Crippen LogP contribution in [0, 0.1) is 0 Å². The number of piperazine rings is 1. The molecule has 1 aromatic carbocycles. The molecule has 1 aliphatic rings. The smallest absolute Gasteiger partial charge is 0.229 e. The monoisotopic (exact) mass is 333 g/mol. The number of halogens is 1. The van der Waals surface area contributed by atoms with Crippen LogP contribution in [-0.4, -0.2) is 41.0 Å². The number of carbonyl (C=O) groups is 1. The van der Waals surface area contributed by atoms with Crippen LogP contribution in [0.2, 0.25) is 5.02 Å². The third kappa shape index (κ3) is 3.57. The molecule has 2 heterocycles. The Morgan fingerprint density at radius 3 is 2.87 bits per heavy atom. The van der Waals surface area contributed by atoms with E-state index in [-0.39, 0.29) is 18.4 Å². The topological polar surface area (TPSA) is 58.4 Å². The maximum absolute atomic E-state index is 12.5. The second kappa shape index (κ2) is 6.72. The fraction of sp³-hybridized carbons (Fsp3) is 0.412. The van der Waals surface area contributed by atoms with Crippen molar-refractivity contribution in [3.05, 3.63) is 41.2 Å². The number of carbonyl (C=O) groups excluding carboxylic acids is 1. The Bertz CT molecular complexity index is 683. The van der Waals surface area contributed by atoms with E-state index in [1.165, 1.54) is 0 Å². The van der Waals surface area contributed by atoms with E-state index in [0.29, 0.717) is 22.6 Å². The summed E-state index contributed by atoms with van der Waals surface area (Å²) < 4.78 is 5.49. The summed E-state index contributed by atoms with van der Waals surface area (Å²) in [6, 6.07) is 7.75. The number of hydrogen-bond donors (Lipinski definition) is 1. The number of aromatic nitrogens is 1. The lowest BCUT2D eigenvalue weighted by molar-refractivity contribution is -0.134. The first-order valence-corrected chi connectivity index (χ1v) is 8.15. The molecule has 2 aromatic rings. The van der Waals surface area contributed by atoms with E-state index in [2.05, 4.69) is 24.1 Å². The van der Waals surface area contributed by atoms with Crippen molar-refractivity contribution in [3.8, 4) is 11.5 Å². The zero-order valence-corrected chi connectivity index (χ0v) is 14.0. The fourth-order valence-electron chi connectivity index (χ4n) is 2.78. The lowest BCUT2D eigenvalue weighted by Crippen LogP contribution is -2.57. The van der Waals surface area contributed by atoms with Gasteiger partial charge in [0.1, 0.15) is 6.26 Å². The van der Waals surface area contributed by atoms with E-state index in [1.807, 2.05) is 17.0 Å². The normalized spacial score (nSPS) is 21.4. The van der Waals surface area contributed by atoms with Crippen LogP contribution < -0.4 is 5.32 Å². The molecule has 1 fully saturated rings. The zero-order chi connectivity index (χ0) is 16.4. The van der Waals surface area contributed by atoms with Crippen molar-refractivity contribution in [3.63, 3.8) is 0 Å². The molecule has 122 valence electrons.